The van der Waals surface area contributed by atoms with Gasteiger partial charge in [0, 0.05) is 18.7 Å². The van der Waals surface area contributed by atoms with E-state index in [9.17, 15) is 24.1 Å². The lowest BCUT2D eigenvalue weighted by atomic mass is 10.0. The van der Waals surface area contributed by atoms with Crippen LogP contribution >= 0.6 is 0 Å². The lowest BCUT2D eigenvalue weighted by Crippen LogP contribution is -2.50. The lowest BCUT2D eigenvalue weighted by Gasteiger charge is -2.33. The van der Waals surface area contributed by atoms with Crippen LogP contribution in [0.3, 0.4) is 0 Å². The highest BCUT2D eigenvalue weighted by molar-refractivity contribution is 5.85. The van der Waals surface area contributed by atoms with Gasteiger partial charge in [0.25, 0.3) is 5.91 Å². The first kappa shape index (κ1) is 17.6. The van der Waals surface area contributed by atoms with E-state index in [0.717, 1.165) is 25.0 Å². The molecule has 1 aliphatic rings. The van der Waals surface area contributed by atoms with E-state index in [-0.39, 0.29) is 5.75 Å². The predicted molar refractivity (Wildman–Crippen MR) is 79.9 cm³/mol. The number of rotatable bonds is 5. The number of carbonyl (C=O) groups is 2. The Balaban J connectivity index is 2.00. The first-order chi connectivity index (χ1) is 11.4. The van der Waals surface area contributed by atoms with E-state index in [1.807, 2.05) is 0 Å². The lowest BCUT2D eigenvalue weighted by molar-refractivity contribution is -0.387. The molecule has 1 fully saturated rings. The average Bonchev–Trinajstić information content (AvgIpc) is 2.58. The molecule has 9 heteroatoms. The van der Waals surface area contributed by atoms with Crippen LogP contribution in [0.1, 0.15) is 19.3 Å². The number of nitrogens with zero attached hydrogens (tertiary/aromatic N) is 2. The van der Waals surface area contributed by atoms with Crippen LogP contribution in [0.25, 0.3) is 0 Å². The largest absolute Gasteiger partial charge is 0.484 e. The number of hydrogen-bond donors (Lipinski definition) is 0. The number of ether oxygens (including phenoxy) is 2. The standard InChI is InChI=1S/C15H17FN2O6/c1-23-15(20)13-4-2-3-7-17(13)14(19)9-24-10-5-6-12(18(21)22)11(16)8-10/h5-6,8,13H,2-4,7,9H2,1H3/t13-/m1/s1. The van der Waals surface area contributed by atoms with Crippen molar-refractivity contribution in [1.29, 1.82) is 0 Å². The zero-order valence-corrected chi connectivity index (χ0v) is 13.1. The summed E-state index contributed by atoms with van der Waals surface area (Å²) in [5.74, 6) is -1.96. The fourth-order valence-electron chi connectivity index (χ4n) is 2.56. The number of halogens is 1. The Morgan fingerprint density at radius 1 is 1.42 bits per heavy atom. The average molecular weight is 340 g/mol. The number of methoxy groups -OCH3 is 1. The number of esters is 1. The summed E-state index contributed by atoms with van der Waals surface area (Å²) in [5.41, 5.74) is -0.671. The zero-order chi connectivity index (χ0) is 17.7. The predicted octanol–water partition coefficient (Wildman–Crippen LogP) is 1.67. The molecule has 0 aromatic heterocycles. The van der Waals surface area contributed by atoms with E-state index in [2.05, 4.69) is 0 Å². The van der Waals surface area contributed by atoms with E-state index < -0.39 is 41.0 Å². The van der Waals surface area contributed by atoms with Crippen molar-refractivity contribution in [2.75, 3.05) is 20.3 Å². The van der Waals surface area contributed by atoms with E-state index in [4.69, 9.17) is 9.47 Å². The van der Waals surface area contributed by atoms with E-state index in [1.165, 1.54) is 18.1 Å². The van der Waals surface area contributed by atoms with Gasteiger partial charge in [-0.1, -0.05) is 0 Å². The Morgan fingerprint density at radius 3 is 2.79 bits per heavy atom. The van der Waals surface area contributed by atoms with E-state index in [1.54, 1.807) is 0 Å². The van der Waals surface area contributed by atoms with Crippen molar-refractivity contribution >= 4 is 17.6 Å². The Kier molecular flexibility index (Phi) is 5.67. The monoisotopic (exact) mass is 340 g/mol. The second kappa shape index (κ2) is 7.71. The molecule has 24 heavy (non-hydrogen) atoms. The smallest absolute Gasteiger partial charge is 0.328 e. The van der Waals surface area contributed by atoms with Crippen LogP contribution in [0.5, 0.6) is 5.75 Å². The number of benzene rings is 1. The quantitative estimate of drug-likeness (QED) is 0.459. The van der Waals surface area contributed by atoms with Crippen molar-refractivity contribution in [3.63, 3.8) is 0 Å². The summed E-state index contributed by atoms with van der Waals surface area (Å²) in [5, 5.41) is 10.6. The van der Waals surface area contributed by atoms with Crippen molar-refractivity contribution in [2.45, 2.75) is 25.3 Å². The van der Waals surface area contributed by atoms with Gasteiger partial charge < -0.3 is 14.4 Å². The molecule has 1 atom stereocenters. The molecule has 1 amide bonds. The van der Waals surface area contributed by atoms with Crippen LogP contribution in [0.4, 0.5) is 10.1 Å². The second-order valence-electron chi connectivity index (χ2n) is 5.28. The van der Waals surface area contributed by atoms with Crippen LogP contribution in [0.15, 0.2) is 18.2 Å². The maximum Gasteiger partial charge on any atom is 0.328 e. The fraction of sp³-hybridized carbons (Fsp3) is 0.467. The fourth-order valence-corrected chi connectivity index (χ4v) is 2.56. The minimum Gasteiger partial charge on any atom is -0.484 e. The summed E-state index contributed by atoms with van der Waals surface area (Å²) in [4.78, 5) is 35.1. The SMILES string of the molecule is COC(=O)[C@H]1CCCCN1C(=O)COc1ccc([N+](=O)[O-])c(F)c1. The molecule has 130 valence electrons. The zero-order valence-electron chi connectivity index (χ0n) is 13.1. The molecule has 1 aliphatic heterocycles. The molecule has 1 heterocycles. The minimum absolute atomic E-state index is 0.00178. The van der Waals surface area contributed by atoms with Gasteiger partial charge in [-0.15, -0.1) is 0 Å². The van der Waals surface area contributed by atoms with Crippen LogP contribution < -0.4 is 4.74 Å². The number of nitro benzene ring substituents is 1. The Hall–Kier alpha value is -2.71. The summed E-state index contributed by atoms with van der Waals surface area (Å²) < 4.78 is 23.4. The van der Waals surface area contributed by atoms with Gasteiger partial charge in [-0.05, 0) is 25.3 Å². The van der Waals surface area contributed by atoms with Crippen molar-refractivity contribution in [3.05, 3.63) is 34.1 Å². The van der Waals surface area contributed by atoms with Crippen LogP contribution in [0, 0.1) is 15.9 Å². The molecule has 0 N–H and O–H groups in total. The number of nitro groups is 1. The second-order valence-corrected chi connectivity index (χ2v) is 5.28. The molecule has 0 aliphatic carbocycles. The first-order valence-electron chi connectivity index (χ1n) is 7.38. The van der Waals surface area contributed by atoms with Crippen molar-refractivity contribution in [2.24, 2.45) is 0 Å². The van der Waals surface area contributed by atoms with Crippen molar-refractivity contribution in [1.82, 2.24) is 4.90 Å². The van der Waals surface area contributed by atoms with Crippen LogP contribution in [-0.4, -0.2) is 48.0 Å². The first-order valence-corrected chi connectivity index (χ1v) is 7.38. The van der Waals surface area contributed by atoms with E-state index in [0.29, 0.717) is 13.0 Å². The Labute approximate surface area is 137 Å². The van der Waals surface area contributed by atoms with Gasteiger partial charge in [-0.2, -0.15) is 4.39 Å². The maximum atomic E-state index is 13.5. The van der Waals surface area contributed by atoms with Gasteiger partial charge in [0.2, 0.25) is 5.82 Å². The molecule has 0 radical (unpaired) electrons. The number of piperidine rings is 1. The van der Waals surface area contributed by atoms with Crippen LogP contribution in [-0.2, 0) is 14.3 Å². The Bertz CT molecular complexity index is 651. The number of amides is 1. The highest BCUT2D eigenvalue weighted by Crippen LogP contribution is 2.23. The summed E-state index contributed by atoms with van der Waals surface area (Å²) in [7, 11) is 1.26. The summed E-state index contributed by atoms with van der Waals surface area (Å²) in [6.45, 7) is 0.0152. The highest BCUT2D eigenvalue weighted by atomic mass is 19.1. The molecule has 0 spiro atoms. The minimum atomic E-state index is -1.05. The number of carbonyl (C=O) groups excluding carboxylic acids is 2. The molecule has 0 saturated carbocycles. The van der Waals surface area contributed by atoms with E-state index >= 15 is 0 Å². The van der Waals surface area contributed by atoms with Gasteiger partial charge in [0.1, 0.15) is 11.8 Å². The molecule has 0 unspecified atom stereocenters. The molecular formula is C15H17FN2O6. The van der Waals surface area contributed by atoms with Crippen LogP contribution in [0.2, 0.25) is 0 Å². The van der Waals surface area contributed by atoms with Gasteiger partial charge in [-0.25, -0.2) is 4.79 Å². The summed E-state index contributed by atoms with van der Waals surface area (Å²) >= 11 is 0. The molecule has 1 aromatic rings. The van der Waals surface area contributed by atoms with Gasteiger partial charge >= 0.3 is 11.7 Å². The molecule has 0 bridgehead atoms. The topological polar surface area (TPSA) is 99.0 Å². The molecule has 1 saturated heterocycles. The van der Waals surface area contributed by atoms with Gasteiger partial charge in [0.15, 0.2) is 6.61 Å². The summed E-state index contributed by atoms with van der Waals surface area (Å²) in [6, 6.07) is 2.38. The number of likely N-dealkylation sites (tertiary alicyclic amines) is 1. The highest BCUT2D eigenvalue weighted by Gasteiger charge is 2.32. The normalized spacial score (nSPS) is 17.2. The van der Waals surface area contributed by atoms with Crippen molar-refractivity contribution in [3.8, 4) is 5.75 Å². The Morgan fingerprint density at radius 2 is 2.17 bits per heavy atom. The number of hydrogen-bond acceptors (Lipinski definition) is 6. The molecule has 8 nitrogen and oxygen atoms in total. The summed E-state index contributed by atoms with van der Waals surface area (Å²) in [6.07, 6.45) is 2.11. The molecule has 2 rings (SSSR count). The maximum absolute atomic E-state index is 13.5. The van der Waals surface area contributed by atoms with Gasteiger partial charge in [0.05, 0.1) is 12.0 Å². The third-order valence-corrected chi connectivity index (χ3v) is 3.77. The molecule has 1 aromatic carbocycles. The molecular weight excluding hydrogens is 323 g/mol. The third kappa shape index (κ3) is 3.98. The van der Waals surface area contributed by atoms with Gasteiger partial charge in [-0.3, -0.25) is 14.9 Å². The third-order valence-electron chi connectivity index (χ3n) is 3.77. The van der Waals surface area contributed by atoms with Crippen molar-refractivity contribution < 1.29 is 28.4 Å².